The lowest BCUT2D eigenvalue weighted by atomic mass is 10.0. The summed E-state index contributed by atoms with van der Waals surface area (Å²) in [5.41, 5.74) is 1.92. The van der Waals surface area contributed by atoms with Gasteiger partial charge in [-0.05, 0) is 25.3 Å². The second-order valence-corrected chi connectivity index (χ2v) is 8.68. The zero-order valence-corrected chi connectivity index (χ0v) is 17.5. The highest BCUT2D eigenvalue weighted by molar-refractivity contribution is 5.80. The molecule has 0 aliphatic carbocycles. The highest BCUT2D eigenvalue weighted by Gasteiger charge is 2.37. The zero-order valence-electron chi connectivity index (χ0n) is 17.5. The largest absolute Gasteiger partial charge is 0.381 e. The molecule has 1 aromatic heterocycles. The van der Waals surface area contributed by atoms with Gasteiger partial charge in [0.15, 0.2) is 0 Å². The first kappa shape index (κ1) is 20.3. The molecule has 7 nitrogen and oxygen atoms in total. The first-order valence-corrected chi connectivity index (χ1v) is 11.1. The van der Waals surface area contributed by atoms with Crippen LogP contribution in [0.3, 0.4) is 0 Å². The molecule has 2 fully saturated rings. The topological polar surface area (TPSA) is 78.5 Å². The quantitative estimate of drug-likeness (QED) is 0.811. The Kier molecular flexibility index (Phi) is 5.58. The van der Waals surface area contributed by atoms with E-state index in [-0.39, 0.29) is 29.2 Å². The van der Waals surface area contributed by atoms with Crippen LogP contribution in [0.15, 0.2) is 29.1 Å². The lowest BCUT2D eigenvalue weighted by Crippen LogP contribution is -2.39. The third-order valence-electron chi connectivity index (χ3n) is 6.65. The minimum atomic E-state index is -0.227. The highest BCUT2D eigenvalue weighted by Crippen LogP contribution is 2.32. The molecule has 1 amide bonds. The van der Waals surface area contributed by atoms with Crippen LogP contribution in [0.5, 0.6) is 0 Å². The van der Waals surface area contributed by atoms with Gasteiger partial charge in [-0.3, -0.25) is 14.5 Å². The molecule has 31 heavy (non-hydrogen) atoms. The number of aromatic amines is 1. The number of carbonyl (C=O) groups is 1. The molecule has 2 saturated heterocycles. The molecule has 2 atom stereocenters. The molecule has 3 aliphatic heterocycles. The Morgan fingerprint density at radius 2 is 2.13 bits per heavy atom. The SMILES string of the molecule is O=C([C@@H]1CCOC1)N1CCC[C@@H]1c1nc2c(c(=O)[nH]1)CN(Cc1ccccc1F)CC2. The number of hydrogen-bond donors (Lipinski definition) is 1. The Bertz CT molecular complexity index is 1030. The fourth-order valence-corrected chi connectivity index (χ4v) is 4.94. The van der Waals surface area contributed by atoms with Crippen LogP contribution in [0.1, 0.15) is 47.9 Å². The van der Waals surface area contributed by atoms with E-state index in [0.717, 1.165) is 25.0 Å². The predicted octanol–water partition coefficient (Wildman–Crippen LogP) is 2.17. The summed E-state index contributed by atoms with van der Waals surface area (Å²) in [5.74, 6) is 0.388. The summed E-state index contributed by atoms with van der Waals surface area (Å²) in [6, 6.07) is 6.56. The first-order valence-electron chi connectivity index (χ1n) is 11.1. The maximum Gasteiger partial charge on any atom is 0.255 e. The molecule has 0 unspecified atom stereocenters. The second-order valence-electron chi connectivity index (χ2n) is 8.68. The van der Waals surface area contributed by atoms with Crippen molar-refractivity contribution in [1.82, 2.24) is 19.8 Å². The summed E-state index contributed by atoms with van der Waals surface area (Å²) < 4.78 is 19.4. The van der Waals surface area contributed by atoms with Crippen molar-refractivity contribution in [3.63, 3.8) is 0 Å². The number of aromatic nitrogens is 2. The van der Waals surface area contributed by atoms with Gasteiger partial charge in [0, 0.05) is 44.8 Å². The van der Waals surface area contributed by atoms with Gasteiger partial charge in [-0.2, -0.15) is 0 Å². The number of carbonyl (C=O) groups excluding carboxylic acids is 1. The van der Waals surface area contributed by atoms with Crippen molar-refractivity contribution >= 4 is 5.91 Å². The number of hydrogen-bond acceptors (Lipinski definition) is 5. The lowest BCUT2D eigenvalue weighted by Gasteiger charge is -2.30. The number of nitrogens with one attached hydrogen (secondary N) is 1. The van der Waals surface area contributed by atoms with Gasteiger partial charge < -0.3 is 14.6 Å². The van der Waals surface area contributed by atoms with Gasteiger partial charge in [-0.15, -0.1) is 0 Å². The molecule has 1 aromatic carbocycles. The van der Waals surface area contributed by atoms with Crippen molar-refractivity contribution < 1.29 is 13.9 Å². The Labute approximate surface area is 180 Å². The van der Waals surface area contributed by atoms with E-state index >= 15 is 0 Å². The summed E-state index contributed by atoms with van der Waals surface area (Å²) in [4.78, 5) is 37.6. The summed E-state index contributed by atoms with van der Waals surface area (Å²) >= 11 is 0. The molecule has 0 saturated carbocycles. The van der Waals surface area contributed by atoms with Gasteiger partial charge in [0.2, 0.25) is 5.91 Å². The summed E-state index contributed by atoms with van der Waals surface area (Å²) in [6.45, 7) is 3.42. The van der Waals surface area contributed by atoms with Crippen molar-refractivity contribution in [2.75, 3.05) is 26.3 Å². The fourth-order valence-electron chi connectivity index (χ4n) is 4.94. The van der Waals surface area contributed by atoms with Gasteiger partial charge >= 0.3 is 0 Å². The number of halogens is 1. The predicted molar refractivity (Wildman–Crippen MR) is 112 cm³/mol. The van der Waals surface area contributed by atoms with Crippen LogP contribution in [0.2, 0.25) is 0 Å². The number of ether oxygens (including phenoxy) is 1. The zero-order chi connectivity index (χ0) is 21.4. The molecule has 4 heterocycles. The van der Waals surface area contributed by atoms with E-state index in [1.807, 2.05) is 11.0 Å². The van der Waals surface area contributed by atoms with Crippen molar-refractivity contribution in [3.8, 4) is 0 Å². The third-order valence-corrected chi connectivity index (χ3v) is 6.65. The minimum Gasteiger partial charge on any atom is -0.381 e. The molecule has 1 N–H and O–H groups in total. The molecule has 0 bridgehead atoms. The molecular formula is C23H27FN4O3. The van der Waals surface area contributed by atoms with E-state index in [1.165, 1.54) is 6.07 Å². The van der Waals surface area contributed by atoms with Crippen molar-refractivity contribution in [3.05, 3.63) is 63.1 Å². The van der Waals surface area contributed by atoms with E-state index in [9.17, 15) is 14.0 Å². The smallest absolute Gasteiger partial charge is 0.255 e. The van der Waals surface area contributed by atoms with E-state index in [2.05, 4.69) is 9.88 Å². The molecule has 5 rings (SSSR count). The number of benzene rings is 1. The van der Waals surface area contributed by atoms with E-state index < -0.39 is 0 Å². The Balaban J connectivity index is 1.34. The van der Waals surface area contributed by atoms with Crippen molar-refractivity contribution in [2.24, 2.45) is 5.92 Å². The van der Waals surface area contributed by atoms with Crippen LogP contribution in [0.4, 0.5) is 4.39 Å². The number of H-pyrrole nitrogens is 1. The summed E-state index contributed by atoms with van der Waals surface area (Å²) in [5, 5.41) is 0. The lowest BCUT2D eigenvalue weighted by molar-refractivity contribution is -0.136. The summed E-state index contributed by atoms with van der Waals surface area (Å²) in [6.07, 6.45) is 3.10. The van der Waals surface area contributed by atoms with Gasteiger partial charge in [0.05, 0.1) is 29.8 Å². The third kappa shape index (κ3) is 4.02. The number of rotatable bonds is 4. The monoisotopic (exact) mass is 426 g/mol. The van der Waals surface area contributed by atoms with Crippen LogP contribution in [0.25, 0.3) is 0 Å². The van der Waals surface area contributed by atoms with Crippen LogP contribution in [0, 0.1) is 11.7 Å². The first-order chi connectivity index (χ1) is 15.1. The average molecular weight is 426 g/mol. The maximum atomic E-state index is 14.0. The number of nitrogens with zero attached hydrogens (tertiary/aromatic N) is 3. The number of fused-ring (bicyclic) bond motifs is 1. The van der Waals surface area contributed by atoms with Crippen LogP contribution >= 0.6 is 0 Å². The van der Waals surface area contributed by atoms with Crippen molar-refractivity contribution in [1.29, 1.82) is 0 Å². The normalized spacial score (nSPS) is 23.8. The van der Waals surface area contributed by atoms with E-state index in [0.29, 0.717) is 62.8 Å². The van der Waals surface area contributed by atoms with Gasteiger partial charge in [-0.1, -0.05) is 18.2 Å². The Morgan fingerprint density at radius 3 is 2.94 bits per heavy atom. The van der Waals surface area contributed by atoms with Gasteiger partial charge in [-0.25, -0.2) is 9.37 Å². The average Bonchev–Trinajstić information content (AvgIpc) is 3.48. The van der Waals surface area contributed by atoms with Gasteiger partial charge in [0.25, 0.3) is 5.56 Å². The number of amides is 1. The van der Waals surface area contributed by atoms with Crippen LogP contribution < -0.4 is 5.56 Å². The van der Waals surface area contributed by atoms with E-state index in [1.54, 1.807) is 12.1 Å². The maximum absolute atomic E-state index is 14.0. The van der Waals surface area contributed by atoms with Crippen LogP contribution in [-0.4, -0.2) is 52.0 Å². The summed E-state index contributed by atoms with van der Waals surface area (Å²) in [7, 11) is 0. The molecule has 0 spiro atoms. The molecule has 164 valence electrons. The molecule has 2 aromatic rings. The minimum absolute atomic E-state index is 0.0862. The molecular weight excluding hydrogens is 399 g/mol. The fraction of sp³-hybridized carbons (Fsp3) is 0.522. The standard InChI is InChI=1S/C23H27FN4O3/c24-18-5-2-1-4-15(18)12-27-10-7-19-17(13-27)22(29)26-21(25-19)20-6-3-9-28(20)23(30)16-8-11-31-14-16/h1-2,4-5,16,20H,3,6-14H2,(H,25,26,29)/t16-,20-/m1/s1. The van der Waals surface area contributed by atoms with Crippen LogP contribution in [-0.2, 0) is 29.0 Å². The van der Waals surface area contributed by atoms with E-state index in [4.69, 9.17) is 9.72 Å². The number of likely N-dealkylation sites (tertiary alicyclic amines) is 1. The van der Waals surface area contributed by atoms with Crippen molar-refractivity contribution in [2.45, 2.75) is 44.8 Å². The Morgan fingerprint density at radius 1 is 1.26 bits per heavy atom. The Hall–Kier alpha value is -2.58. The molecule has 8 heteroatoms. The second kappa shape index (κ2) is 8.51. The highest BCUT2D eigenvalue weighted by atomic mass is 19.1. The molecule has 3 aliphatic rings. The molecule has 0 radical (unpaired) electrons. The van der Waals surface area contributed by atoms with Gasteiger partial charge in [0.1, 0.15) is 11.6 Å².